The van der Waals surface area contributed by atoms with E-state index in [1.807, 2.05) is 0 Å². The van der Waals surface area contributed by atoms with Crippen molar-refractivity contribution in [2.45, 2.75) is 12.6 Å². The number of nitrogens with one attached hydrogen (secondary N) is 1. The van der Waals surface area contributed by atoms with Crippen molar-refractivity contribution in [3.8, 4) is 0 Å². The van der Waals surface area contributed by atoms with Crippen molar-refractivity contribution in [1.82, 2.24) is 5.32 Å². The summed E-state index contributed by atoms with van der Waals surface area (Å²) in [7, 11) is 1.23. The van der Waals surface area contributed by atoms with Gasteiger partial charge in [-0.2, -0.15) is 0 Å². The second kappa shape index (κ2) is 9.44. The zero-order valence-electron chi connectivity index (χ0n) is 13.5. The SMILES string of the molecule is COC(=O)C(/C=N/OCc1ccc(Cl)cc1)NC(=O)c1ccccc1. The molecule has 0 aliphatic rings. The van der Waals surface area contributed by atoms with Crippen LogP contribution in [0.5, 0.6) is 0 Å². The van der Waals surface area contributed by atoms with Gasteiger partial charge in [-0.25, -0.2) is 4.79 Å². The summed E-state index contributed by atoms with van der Waals surface area (Å²) >= 11 is 5.80. The predicted octanol–water partition coefficient (Wildman–Crippen LogP) is 2.81. The fourth-order valence-electron chi connectivity index (χ4n) is 1.89. The number of methoxy groups -OCH3 is 1. The van der Waals surface area contributed by atoms with Crippen LogP contribution in [0.3, 0.4) is 0 Å². The summed E-state index contributed by atoms with van der Waals surface area (Å²) in [6.07, 6.45) is 1.18. The molecule has 0 aliphatic heterocycles. The Labute approximate surface area is 150 Å². The summed E-state index contributed by atoms with van der Waals surface area (Å²) in [4.78, 5) is 29.0. The number of halogens is 1. The molecule has 0 aromatic heterocycles. The van der Waals surface area contributed by atoms with E-state index in [4.69, 9.17) is 16.4 Å². The molecule has 0 spiro atoms. The molecule has 1 atom stereocenters. The molecule has 0 radical (unpaired) electrons. The quantitative estimate of drug-likeness (QED) is 0.468. The van der Waals surface area contributed by atoms with Gasteiger partial charge in [0.05, 0.1) is 13.3 Å². The van der Waals surface area contributed by atoms with Crippen LogP contribution in [0, 0.1) is 0 Å². The number of oxime groups is 1. The van der Waals surface area contributed by atoms with Crippen molar-refractivity contribution in [1.29, 1.82) is 0 Å². The molecule has 0 saturated carbocycles. The maximum absolute atomic E-state index is 12.1. The van der Waals surface area contributed by atoms with Gasteiger partial charge in [-0.1, -0.05) is 47.1 Å². The summed E-state index contributed by atoms with van der Waals surface area (Å²) in [6, 6.07) is 14.5. The van der Waals surface area contributed by atoms with E-state index in [-0.39, 0.29) is 6.61 Å². The minimum Gasteiger partial charge on any atom is -0.467 e. The Bertz CT molecular complexity index is 733. The molecule has 1 unspecified atom stereocenters. The fourth-order valence-corrected chi connectivity index (χ4v) is 2.02. The lowest BCUT2D eigenvalue weighted by molar-refractivity contribution is -0.140. The number of hydrogen-bond donors (Lipinski definition) is 1. The molecule has 2 aromatic rings. The third-order valence-electron chi connectivity index (χ3n) is 3.21. The van der Waals surface area contributed by atoms with E-state index in [0.717, 1.165) is 5.56 Å². The Morgan fingerprint density at radius 2 is 1.84 bits per heavy atom. The first kappa shape index (κ1) is 18.5. The van der Waals surface area contributed by atoms with E-state index in [1.165, 1.54) is 13.3 Å². The van der Waals surface area contributed by atoms with Crippen LogP contribution < -0.4 is 5.32 Å². The molecular weight excluding hydrogens is 344 g/mol. The van der Waals surface area contributed by atoms with Crippen molar-refractivity contribution in [2.75, 3.05) is 7.11 Å². The van der Waals surface area contributed by atoms with Crippen molar-refractivity contribution >= 4 is 29.7 Å². The molecular formula is C18H17ClN2O4. The highest BCUT2D eigenvalue weighted by Crippen LogP contribution is 2.10. The minimum absolute atomic E-state index is 0.203. The molecule has 2 aromatic carbocycles. The number of carbonyl (C=O) groups excluding carboxylic acids is 2. The van der Waals surface area contributed by atoms with Crippen molar-refractivity contribution in [3.05, 3.63) is 70.7 Å². The standard InChI is InChI=1S/C18H17ClN2O4/c1-24-18(23)16(21-17(22)14-5-3-2-4-6-14)11-20-25-12-13-7-9-15(19)10-8-13/h2-11,16H,12H2,1H3,(H,21,22)/b20-11+. The van der Waals surface area contributed by atoms with Crippen LogP contribution in [0.4, 0.5) is 0 Å². The smallest absolute Gasteiger partial charge is 0.334 e. The Balaban J connectivity index is 1.94. The second-order valence-electron chi connectivity index (χ2n) is 4.99. The highest BCUT2D eigenvalue weighted by molar-refractivity contribution is 6.30. The van der Waals surface area contributed by atoms with Crippen LogP contribution in [-0.2, 0) is 21.0 Å². The molecule has 0 saturated heterocycles. The summed E-state index contributed by atoms with van der Waals surface area (Å²) in [5.74, 6) is -1.07. The van der Waals surface area contributed by atoms with Gasteiger partial charge in [0.25, 0.3) is 5.91 Å². The number of amides is 1. The van der Waals surface area contributed by atoms with Gasteiger partial charge in [0, 0.05) is 10.6 Å². The van der Waals surface area contributed by atoms with Crippen LogP contribution >= 0.6 is 11.6 Å². The Hall–Kier alpha value is -2.86. The number of hydrogen-bond acceptors (Lipinski definition) is 5. The highest BCUT2D eigenvalue weighted by atomic mass is 35.5. The molecule has 1 amide bonds. The molecule has 25 heavy (non-hydrogen) atoms. The number of benzene rings is 2. The monoisotopic (exact) mass is 360 g/mol. The lowest BCUT2D eigenvalue weighted by atomic mass is 10.2. The first-order valence-corrected chi connectivity index (χ1v) is 7.81. The molecule has 0 aliphatic carbocycles. The van der Waals surface area contributed by atoms with Gasteiger partial charge in [-0.3, -0.25) is 4.79 Å². The molecule has 130 valence electrons. The van der Waals surface area contributed by atoms with Gasteiger partial charge in [0.2, 0.25) is 0 Å². The topological polar surface area (TPSA) is 77.0 Å². The third kappa shape index (κ3) is 5.93. The summed E-state index contributed by atoms with van der Waals surface area (Å²) in [5, 5.41) is 6.89. The minimum atomic E-state index is -1.05. The van der Waals surface area contributed by atoms with Gasteiger partial charge < -0.3 is 14.9 Å². The molecule has 7 heteroatoms. The first-order chi connectivity index (χ1) is 12.1. The second-order valence-corrected chi connectivity index (χ2v) is 5.43. The van der Waals surface area contributed by atoms with Gasteiger partial charge in [-0.15, -0.1) is 0 Å². The number of carbonyl (C=O) groups is 2. The number of rotatable bonds is 7. The van der Waals surface area contributed by atoms with E-state index < -0.39 is 17.9 Å². The largest absolute Gasteiger partial charge is 0.467 e. The van der Waals surface area contributed by atoms with E-state index in [1.54, 1.807) is 54.6 Å². The van der Waals surface area contributed by atoms with Crippen LogP contribution in [0.15, 0.2) is 59.8 Å². The summed E-state index contributed by atoms with van der Waals surface area (Å²) < 4.78 is 4.66. The van der Waals surface area contributed by atoms with E-state index in [2.05, 4.69) is 15.2 Å². The number of ether oxygens (including phenoxy) is 1. The normalized spacial score (nSPS) is 11.8. The average Bonchev–Trinajstić information content (AvgIpc) is 2.65. The van der Waals surface area contributed by atoms with Gasteiger partial charge in [0.15, 0.2) is 6.04 Å². The van der Waals surface area contributed by atoms with Crippen LogP contribution in [0.25, 0.3) is 0 Å². The fraction of sp³-hybridized carbons (Fsp3) is 0.167. The molecule has 1 N–H and O–H groups in total. The van der Waals surface area contributed by atoms with Gasteiger partial charge in [0.1, 0.15) is 6.61 Å². The third-order valence-corrected chi connectivity index (χ3v) is 3.46. The summed E-state index contributed by atoms with van der Waals surface area (Å²) in [5.41, 5.74) is 1.29. The zero-order chi connectivity index (χ0) is 18.1. The molecule has 6 nitrogen and oxygen atoms in total. The molecule has 0 fully saturated rings. The van der Waals surface area contributed by atoms with Crippen LogP contribution in [-0.4, -0.2) is 31.2 Å². The average molecular weight is 361 g/mol. The van der Waals surface area contributed by atoms with E-state index in [9.17, 15) is 9.59 Å². The highest BCUT2D eigenvalue weighted by Gasteiger charge is 2.20. The van der Waals surface area contributed by atoms with Gasteiger partial charge in [-0.05, 0) is 29.8 Å². The lowest BCUT2D eigenvalue weighted by Gasteiger charge is -2.12. The molecule has 0 bridgehead atoms. The first-order valence-electron chi connectivity index (χ1n) is 7.44. The van der Waals surface area contributed by atoms with Crippen molar-refractivity contribution in [2.24, 2.45) is 5.16 Å². The Kier molecular flexibility index (Phi) is 6.98. The maximum atomic E-state index is 12.1. The van der Waals surface area contributed by atoms with Gasteiger partial charge >= 0.3 is 5.97 Å². The number of nitrogens with zero attached hydrogens (tertiary/aromatic N) is 1. The lowest BCUT2D eigenvalue weighted by Crippen LogP contribution is -2.42. The maximum Gasteiger partial charge on any atom is 0.334 e. The van der Waals surface area contributed by atoms with Crippen LogP contribution in [0.1, 0.15) is 15.9 Å². The molecule has 2 rings (SSSR count). The summed E-state index contributed by atoms with van der Waals surface area (Å²) in [6.45, 7) is 0.203. The van der Waals surface area contributed by atoms with E-state index in [0.29, 0.717) is 10.6 Å². The molecule has 0 heterocycles. The Morgan fingerprint density at radius 1 is 1.16 bits per heavy atom. The Morgan fingerprint density at radius 3 is 2.48 bits per heavy atom. The van der Waals surface area contributed by atoms with Crippen LogP contribution in [0.2, 0.25) is 5.02 Å². The zero-order valence-corrected chi connectivity index (χ0v) is 14.3. The predicted molar refractivity (Wildman–Crippen MR) is 94.4 cm³/mol. The number of esters is 1. The van der Waals surface area contributed by atoms with Crippen molar-refractivity contribution < 1.29 is 19.2 Å². The van der Waals surface area contributed by atoms with Crippen molar-refractivity contribution in [3.63, 3.8) is 0 Å². The van der Waals surface area contributed by atoms with E-state index >= 15 is 0 Å².